The van der Waals surface area contributed by atoms with Crippen LogP contribution in [-0.2, 0) is 11.3 Å². The molecule has 0 unspecified atom stereocenters. The third-order valence-corrected chi connectivity index (χ3v) is 3.81. The van der Waals surface area contributed by atoms with Crippen LogP contribution in [0.4, 0.5) is 5.69 Å². The average molecular weight is 333 g/mol. The molecule has 2 aromatic carbocycles. The second kappa shape index (κ2) is 7.99. The quantitative estimate of drug-likeness (QED) is 0.876. The van der Waals surface area contributed by atoms with Crippen molar-refractivity contribution in [3.05, 3.63) is 58.6 Å². The van der Waals surface area contributed by atoms with Gasteiger partial charge in [0.25, 0.3) is 0 Å². The maximum Gasteiger partial charge on any atom is 0.238 e. The number of likely N-dealkylation sites (N-methyl/N-ethyl adjacent to an activating group) is 1. The predicted octanol–water partition coefficient (Wildman–Crippen LogP) is 3.73. The first kappa shape index (κ1) is 17.3. The molecule has 0 bridgehead atoms. The van der Waals surface area contributed by atoms with Gasteiger partial charge in [-0.05, 0) is 43.3 Å². The number of nitrogens with one attached hydrogen (secondary N) is 1. The molecule has 0 aliphatic heterocycles. The summed E-state index contributed by atoms with van der Waals surface area (Å²) in [6.45, 7) is 2.85. The molecule has 0 atom stereocenters. The van der Waals surface area contributed by atoms with Crippen LogP contribution in [0.3, 0.4) is 0 Å². The molecule has 0 saturated heterocycles. The molecule has 0 saturated carbocycles. The zero-order chi connectivity index (χ0) is 16.8. The van der Waals surface area contributed by atoms with Gasteiger partial charge in [0.05, 0.1) is 19.3 Å². The minimum atomic E-state index is -0.0940. The first-order valence-electron chi connectivity index (χ1n) is 7.36. The van der Waals surface area contributed by atoms with Crippen LogP contribution in [0.1, 0.15) is 11.1 Å². The molecule has 0 aliphatic rings. The Balaban J connectivity index is 1.97. The molecule has 0 aliphatic carbocycles. The lowest BCUT2D eigenvalue weighted by molar-refractivity contribution is -0.117. The van der Waals surface area contributed by atoms with E-state index in [0.717, 1.165) is 11.1 Å². The van der Waals surface area contributed by atoms with Crippen molar-refractivity contribution in [3.8, 4) is 5.75 Å². The van der Waals surface area contributed by atoms with Gasteiger partial charge in [0, 0.05) is 11.6 Å². The lowest BCUT2D eigenvalue weighted by Gasteiger charge is -2.18. The molecule has 0 radical (unpaired) electrons. The Morgan fingerprint density at radius 1 is 1.26 bits per heavy atom. The number of amides is 1. The smallest absolute Gasteiger partial charge is 0.238 e. The number of rotatable bonds is 6. The predicted molar refractivity (Wildman–Crippen MR) is 94.1 cm³/mol. The molecule has 23 heavy (non-hydrogen) atoms. The molecule has 5 heteroatoms. The number of methoxy groups -OCH3 is 1. The van der Waals surface area contributed by atoms with Crippen LogP contribution in [0.25, 0.3) is 0 Å². The molecular weight excluding hydrogens is 312 g/mol. The van der Waals surface area contributed by atoms with Crippen molar-refractivity contribution in [1.29, 1.82) is 0 Å². The third-order valence-electron chi connectivity index (χ3n) is 3.44. The van der Waals surface area contributed by atoms with Gasteiger partial charge in [-0.1, -0.05) is 35.9 Å². The molecule has 122 valence electrons. The molecule has 0 aromatic heterocycles. The maximum absolute atomic E-state index is 12.2. The summed E-state index contributed by atoms with van der Waals surface area (Å²) in [4.78, 5) is 14.2. The topological polar surface area (TPSA) is 41.6 Å². The third kappa shape index (κ3) is 4.98. The minimum Gasteiger partial charge on any atom is -0.495 e. The second-order valence-electron chi connectivity index (χ2n) is 5.52. The number of carbonyl (C=O) groups is 1. The summed E-state index contributed by atoms with van der Waals surface area (Å²) >= 11 is 6.15. The Morgan fingerprint density at radius 3 is 2.70 bits per heavy atom. The SMILES string of the molecule is COc1ccc(C)cc1NC(=O)CN(C)Cc1ccccc1Cl. The highest BCUT2D eigenvalue weighted by Gasteiger charge is 2.11. The molecular formula is C18H21ClN2O2. The number of ether oxygens (including phenoxy) is 1. The molecule has 1 N–H and O–H groups in total. The lowest BCUT2D eigenvalue weighted by atomic mass is 10.2. The van der Waals surface area contributed by atoms with Crippen molar-refractivity contribution in [2.75, 3.05) is 26.0 Å². The van der Waals surface area contributed by atoms with Crippen LogP contribution in [0.15, 0.2) is 42.5 Å². The summed E-state index contributed by atoms with van der Waals surface area (Å²) in [6, 6.07) is 13.3. The van der Waals surface area contributed by atoms with Crippen molar-refractivity contribution in [2.45, 2.75) is 13.5 Å². The number of hydrogen-bond donors (Lipinski definition) is 1. The van der Waals surface area contributed by atoms with Gasteiger partial charge in [0.2, 0.25) is 5.91 Å². The maximum atomic E-state index is 12.2. The zero-order valence-corrected chi connectivity index (χ0v) is 14.4. The van der Waals surface area contributed by atoms with Gasteiger partial charge < -0.3 is 10.1 Å². The summed E-state index contributed by atoms with van der Waals surface area (Å²) < 4.78 is 5.27. The fraction of sp³-hybridized carbons (Fsp3) is 0.278. The standard InChI is InChI=1S/C18H21ClN2O2/c1-13-8-9-17(23-3)16(10-13)20-18(22)12-21(2)11-14-6-4-5-7-15(14)19/h4-10H,11-12H2,1-3H3,(H,20,22). The van der Waals surface area contributed by atoms with E-state index >= 15 is 0 Å². The Kier molecular flexibility index (Phi) is 6.02. The Hall–Kier alpha value is -2.04. The molecule has 4 nitrogen and oxygen atoms in total. The first-order chi connectivity index (χ1) is 11.0. The summed E-state index contributed by atoms with van der Waals surface area (Å²) in [6.07, 6.45) is 0. The van der Waals surface area contributed by atoms with Gasteiger partial charge in [-0.3, -0.25) is 9.69 Å². The van der Waals surface area contributed by atoms with E-state index in [1.807, 2.05) is 61.3 Å². The van der Waals surface area contributed by atoms with Crippen molar-refractivity contribution in [3.63, 3.8) is 0 Å². The highest BCUT2D eigenvalue weighted by Crippen LogP contribution is 2.25. The normalized spacial score (nSPS) is 10.7. The minimum absolute atomic E-state index is 0.0940. The number of anilines is 1. The summed E-state index contributed by atoms with van der Waals surface area (Å²) in [7, 11) is 3.47. The largest absolute Gasteiger partial charge is 0.495 e. The monoisotopic (exact) mass is 332 g/mol. The Morgan fingerprint density at radius 2 is 2.00 bits per heavy atom. The first-order valence-corrected chi connectivity index (χ1v) is 7.74. The van der Waals surface area contributed by atoms with Crippen LogP contribution >= 0.6 is 11.6 Å². The van der Waals surface area contributed by atoms with E-state index in [1.165, 1.54) is 0 Å². The fourth-order valence-electron chi connectivity index (χ4n) is 2.33. The average Bonchev–Trinajstić information content (AvgIpc) is 2.49. The van der Waals surface area contributed by atoms with E-state index < -0.39 is 0 Å². The number of hydrogen-bond acceptors (Lipinski definition) is 3. The zero-order valence-electron chi connectivity index (χ0n) is 13.6. The van der Waals surface area contributed by atoms with E-state index in [2.05, 4.69) is 5.32 Å². The molecule has 2 rings (SSSR count). The second-order valence-corrected chi connectivity index (χ2v) is 5.92. The van der Waals surface area contributed by atoms with Gasteiger partial charge in [-0.2, -0.15) is 0 Å². The van der Waals surface area contributed by atoms with Crippen molar-refractivity contribution < 1.29 is 9.53 Å². The van der Waals surface area contributed by atoms with Gasteiger partial charge in [-0.25, -0.2) is 0 Å². The summed E-state index contributed by atoms with van der Waals surface area (Å²) in [5.74, 6) is 0.557. The van der Waals surface area contributed by atoms with Gasteiger partial charge >= 0.3 is 0 Å². The molecule has 0 fully saturated rings. The van der Waals surface area contributed by atoms with Gasteiger partial charge in [0.1, 0.15) is 5.75 Å². The van der Waals surface area contributed by atoms with Crippen LogP contribution < -0.4 is 10.1 Å². The van der Waals surface area contributed by atoms with E-state index in [0.29, 0.717) is 23.0 Å². The van der Waals surface area contributed by atoms with E-state index in [-0.39, 0.29) is 12.5 Å². The van der Waals surface area contributed by atoms with Crippen LogP contribution in [0.2, 0.25) is 5.02 Å². The van der Waals surface area contributed by atoms with E-state index in [9.17, 15) is 4.79 Å². The number of aryl methyl sites for hydroxylation is 1. The van der Waals surface area contributed by atoms with Gasteiger partial charge in [-0.15, -0.1) is 0 Å². The van der Waals surface area contributed by atoms with Gasteiger partial charge in [0.15, 0.2) is 0 Å². The number of carbonyl (C=O) groups excluding carboxylic acids is 1. The number of halogens is 1. The summed E-state index contributed by atoms with van der Waals surface area (Å²) in [5.41, 5.74) is 2.74. The molecule has 0 spiro atoms. The van der Waals surface area contributed by atoms with Crippen molar-refractivity contribution >= 4 is 23.2 Å². The van der Waals surface area contributed by atoms with Crippen molar-refractivity contribution in [1.82, 2.24) is 4.90 Å². The molecule has 2 aromatic rings. The summed E-state index contributed by atoms with van der Waals surface area (Å²) in [5, 5.41) is 3.60. The van der Waals surface area contributed by atoms with E-state index in [4.69, 9.17) is 16.3 Å². The lowest BCUT2D eigenvalue weighted by Crippen LogP contribution is -2.30. The Bertz CT molecular complexity index is 688. The molecule has 1 amide bonds. The highest BCUT2D eigenvalue weighted by atomic mass is 35.5. The van der Waals surface area contributed by atoms with Crippen LogP contribution in [0, 0.1) is 6.92 Å². The van der Waals surface area contributed by atoms with E-state index in [1.54, 1.807) is 7.11 Å². The number of benzene rings is 2. The van der Waals surface area contributed by atoms with Crippen LogP contribution in [0.5, 0.6) is 5.75 Å². The van der Waals surface area contributed by atoms with Crippen molar-refractivity contribution in [2.24, 2.45) is 0 Å². The number of nitrogens with zero attached hydrogens (tertiary/aromatic N) is 1. The highest BCUT2D eigenvalue weighted by molar-refractivity contribution is 6.31. The molecule has 0 heterocycles. The Labute approximate surface area is 142 Å². The fourth-order valence-corrected chi connectivity index (χ4v) is 2.52. The van der Waals surface area contributed by atoms with Crippen LogP contribution in [-0.4, -0.2) is 31.5 Å².